The van der Waals surface area contributed by atoms with Gasteiger partial charge >= 0.3 is 0 Å². The molecule has 94 valence electrons. The van der Waals surface area contributed by atoms with Crippen molar-refractivity contribution in [3.63, 3.8) is 0 Å². The topological polar surface area (TPSA) is 12.9 Å². The van der Waals surface area contributed by atoms with Gasteiger partial charge in [-0.05, 0) is 37.3 Å². The fourth-order valence-electron chi connectivity index (χ4n) is 2.67. The molecule has 0 aliphatic carbocycles. The summed E-state index contributed by atoms with van der Waals surface area (Å²) in [5, 5.41) is 2.55. The smallest absolute Gasteiger partial charge is 0.0743 e. The quantitative estimate of drug-likeness (QED) is 0.600. The summed E-state index contributed by atoms with van der Waals surface area (Å²) in [5.41, 5.74) is 5.96. The summed E-state index contributed by atoms with van der Waals surface area (Å²) in [6.45, 7) is 6.39. The van der Waals surface area contributed by atoms with Gasteiger partial charge in [-0.25, -0.2) is 0 Å². The summed E-state index contributed by atoms with van der Waals surface area (Å²) in [6, 6.07) is 16.9. The molecule has 19 heavy (non-hydrogen) atoms. The van der Waals surface area contributed by atoms with Crippen LogP contribution in [0.4, 0.5) is 0 Å². The number of nitrogens with zero attached hydrogens (tertiary/aromatic N) is 1. The molecule has 1 nitrogen and oxygen atoms in total. The first-order chi connectivity index (χ1) is 9.18. The predicted molar refractivity (Wildman–Crippen MR) is 81.4 cm³/mol. The molecule has 0 radical (unpaired) electrons. The number of pyridine rings is 1. The Balaban J connectivity index is 2.38. The zero-order chi connectivity index (χ0) is 13.4. The van der Waals surface area contributed by atoms with E-state index in [1.54, 1.807) is 0 Å². The van der Waals surface area contributed by atoms with E-state index in [1.165, 1.54) is 27.5 Å². The van der Waals surface area contributed by atoms with Gasteiger partial charge in [0, 0.05) is 16.6 Å². The summed E-state index contributed by atoms with van der Waals surface area (Å²) in [7, 11) is 0. The van der Waals surface area contributed by atoms with E-state index in [4.69, 9.17) is 4.98 Å². The summed E-state index contributed by atoms with van der Waals surface area (Å²) in [6.07, 6.45) is 0. The van der Waals surface area contributed by atoms with Gasteiger partial charge in [0.2, 0.25) is 0 Å². The maximum Gasteiger partial charge on any atom is 0.0743 e. The molecule has 1 aromatic heterocycles. The Morgan fingerprint density at radius 3 is 2.11 bits per heavy atom. The van der Waals surface area contributed by atoms with Gasteiger partial charge in [-0.15, -0.1) is 0 Å². The summed E-state index contributed by atoms with van der Waals surface area (Å²) < 4.78 is 0. The lowest BCUT2D eigenvalue weighted by molar-refractivity contribution is 1.20. The van der Waals surface area contributed by atoms with Crippen LogP contribution in [0.15, 0.2) is 48.5 Å². The summed E-state index contributed by atoms with van der Waals surface area (Å²) >= 11 is 0. The summed E-state index contributed by atoms with van der Waals surface area (Å²) in [5.74, 6) is 0. The van der Waals surface area contributed by atoms with E-state index in [2.05, 4.69) is 69.3 Å². The molecule has 0 N–H and O–H groups in total. The van der Waals surface area contributed by atoms with Gasteiger partial charge in [0.05, 0.1) is 5.69 Å². The SMILES string of the molecule is Cc1ccccc1-c1nc(C)c2ccccc2c1C. The second-order valence-electron chi connectivity index (χ2n) is 5.03. The fraction of sp³-hybridized carbons (Fsp3) is 0.167. The first kappa shape index (κ1) is 11.9. The molecule has 0 aliphatic heterocycles. The summed E-state index contributed by atoms with van der Waals surface area (Å²) in [4.78, 5) is 4.83. The van der Waals surface area contributed by atoms with Crippen molar-refractivity contribution in [2.75, 3.05) is 0 Å². The van der Waals surface area contributed by atoms with Crippen molar-refractivity contribution in [3.8, 4) is 11.3 Å². The van der Waals surface area contributed by atoms with Gasteiger partial charge in [0.15, 0.2) is 0 Å². The Hall–Kier alpha value is -2.15. The van der Waals surface area contributed by atoms with Gasteiger partial charge in [-0.1, -0.05) is 48.5 Å². The van der Waals surface area contributed by atoms with Crippen molar-refractivity contribution in [1.82, 2.24) is 4.98 Å². The lowest BCUT2D eigenvalue weighted by Gasteiger charge is -2.13. The Morgan fingerprint density at radius 2 is 1.37 bits per heavy atom. The van der Waals surface area contributed by atoms with Gasteiger partial charge in [0.25, 0.3) is 0 Å². The zero-order valence-electron chi connectivity index (χ0n) is 11.6. The van der Waals surface area contributed by atoms with E-state index >= 15 is 0 Å². The molecule has 0 aliphatic rings. The standard InChI is InChI=1S/C18H17N/c1-12-8-4-5-9-15(12)18-13(2)16-10-6-7-11-17(16)14(3)19-18/h4-11H,1-3H3. The van der Waals surface area contributed by atoms with Crippen molar-refractivity contribution in [2.24, 2.45) is 0 Å². The van der Waals surface area contributed by atoms with E-state index < -0.39 is 0 Å². The van der Waals surface area contributed by atoms with Crippen LogP contribution in [0, 0.1) is 20.8 Å². The van der Waals surface area contributed by atoms with Crippen LogP contribution in [0.5, 0.6) is 0 Å². The van der Waals surface area contributed by atoms with Crippen LogP contribution in [-0.4, -0.2) is 4.98 Å². The molecule has 0 spiro atoms. The van der Waals surface area contributed by atoms with Gasteiger partial charge in [-0.3, -0.25) is 4.98 Å². The maximum absolute atomic E-state index is 4.83. The van der Waals surface area contributed by atoms with Crippen LogP contribution in [0.1, 0.15) is 16.8 Å². The van der Waals surface area contributed by atoms with Crippen LogP contribution < -0.4 is 0 Å². The molecule has 0 saturated carbocycles. The average molecular weight is 247 g/mol. The predicted octanol–water partition coefficient (Wildman–Crippen LogP) is 4.83. The third-order valence-corrected chi connectivity index (χ3v) is 3.76. The fourth-order valence-corrected chi connectivity index (χ4v) is 2.67. The number of fused-ring (bicyclic) bond motifs is 1. The largest absolute Gasteiger partial charge is 0.252 e. The molecule has 0 unspecified atom stereocenters. The molecule has 0 fully saturated rings. The number of benzene rings is 2. The molecule has 3 rings (SSSR count). The Morgan fingerprint density at radius 1 is 0.737 bits per heavy atom. The number of hydrogen-bond donors (Lipinski definition) is 0. The molecule has 1 heterocycles. The Bertz CT molecular complexity index is 757. The van der Waals surface area contributed by atoms with Crippen LogP contribution in [0.2, 0.25) is 0 Å². The van der Waals surface area contributed by atoms with Gasteiger partial charge in [0.1, 0.15) is 0 Å². The van der Waals surface area contributed by atoms with Crippen molar-refractivity contribution in [1.29, 1.82) is 0 Å². The second kappa shape index (κ2) is 4.51. The molecular weight excluding hydrogens is 230 g/mol. The molecule has 2 aromatic carbocycles. The number of aromatic nitrogens is 1. The van der Waals surface area contributed by atoms with E-state index in [-0.39, 0.29) is 0 Å². The molecule has 0 bridgehead atoms. The van der Waals surface area contributed by atoms with Crippen molar-refractivity contribution in [2.45, 2.75) is 20.8 Å². The highest BCUT2D eigenvalue weighted by atomic mass is 14.7. The van der Waals surface area contributed by atoms with Crippen molar-refractivity contribution < 1.29 is 0 Å². The van der Waals surface area contributed by atoms with Gasteiger partial charge in [-0.2, -0.15) is 0 Å². The normalized spacial score (nSPS) is 10.9. The lowest BCUT2D eigenvalue weighted by Crippen LogP contribution is -1.95. The maximum atomic E-state index is 4.83. The molecule has 3 aromatic rings. The number of rotatable bonds is 1. The highest BCUT2D eigenvalue weighted by Crippen LogP contribution is 2.30. The highest BCUT2D eigenvalue weighted by Gasteiger charge is 2.11. The van der Waals surface area contributed by atoms with E-state index in [0.29, 0.717) is 0 Å². The Kier molecular flexibility index (Phi) is 2.83. The van der Waals surface area contributed by atoms with Gasteiger partial charge < -0.3 is 0 Å². The monoisotopic (exact) mass is 247 g/mol. The van der Waals surface area contributed by atoms with Crippen molar-refractivity contribution >= 4 is 10.8 Å². The zero-order valence-corrected chi connectivity index (χ0v) is 11.6. The molecule has 0 amide bonds. The lowest BCUT2D eigenvalue weighted by atomic mass is 9.97. The minimum atomic E-state index is 1.10. The molecule has 1 heteroatoms. The average Bonchev–Trinajstić information content (AvgIpc) is 2.44. The third kappa shape index (κ3) is 1.91. The van der Waals surface area contributed by atoms with E-state index in [1.807, 2.05) is 0 Å². The molecule has 0 saturated heterocycles. The highest BCUT2D eigenvalue weighted by molar-refractivity contribution is 5.91. The molecule has 0 atom stereocenters. The number of aryl methyl sites for hydroxylation is 3. The number of hydrogen-bond acceptors (Lipinski definition) is 1. The third-order valence-electron chi connectivity index (χ3n) is 3.76. The van der Waals surface area contributed by atoms with Crippen LogP contribution in [0.3, 0.4) is 0 Å². The van der Waals surface area contributed by atoms with Crippen molar-refractivity contribution in [3.05, 3.63) is 65.4 Å². The van der Waals surface area contributed by atoms with Crippen LogP contribution >= 0.6 is 0 Å². The van der Waals surface area contributed by atoms with E-state index in [0.717, 1.165) is 11.4 Å². The van der Waals surface area contributed by atoms with E-state index in [9.17, 15) is 0 Å². The van der Waals surface area contributed by atoms with Crippen LogP contribution in [0.25, 0.3) is 22.0 Å². The minimum Gasteiger partial charge on any atom is -0.252 e. The second-order valence-corrected chi connectivity index (χ2v) is 5.03. The first-order valence-corrected chi connectivity index (χ1v) is 6.60. The molecular formula is C18H17N. The Labute approximate surface area is 113 Å². The van der Waals surface area contributed by atoms with Crippen LogP contribution in [-0.2, 0) is 0 Å². The first-order valence-electron chi connectivity index (χ1n) is 6.60. The minimum absolute atomic E-state index is 1.10.